The standard InChI is InChI=1S/2C8H10O3/c1-5(2)7(9)11-8(10)6(3)4;1-3-5-7(9)11-8(10)6-4-2/h1,3H2,2,4H3;3-6H,1-2H3. The van der Waals surface area contributed by atoms with Crippen LogP contribution in [0.4, 0.5) is 0 Å². The maximum atomic E-state index is 10.7. The van der Waals surface area contributed by atoms with Crippen molar-refractivity contribution in [3.8, 4) is 0 Å². The van der Waals surface area contributed by atoms with Crippen molar-refractivity contribution in [1.82, 2.24) is 0 Å². The summed E-state index contributed by atoms with van der Waals surface area (Å²) < 4.78 is 8.58. The second-order valence-corrected chi connectivity index (χ2v) is 3.98. The van der Waals surface area contributed by atoms with E-state index in [0.29, 0.717) is 0 Å². The molecule has 6 heteroatoms. The summed E-state index contributed by atoms with van der Waals surface area (Å²) in [6.45, 7) is 12.9. The van der Waals surface area contributed by atoms with Gasteiger partial charge < -0.3 is 9.47 Å². The maximum absolute atomic E-state index is 10.7. The van der Waals surface area contributed by atoms with Gasteiger partial charge in [0.15, 0.2) is 0 Å². The van der Waals surface area contributed by atoms with E-state index < -0.39 is 23.9 Å². The van der Waals surface area contributed by atoms with Crippen molar-refractivity contribution >= 4 is 23.9 Å². The average molecular weight is 308 g/mol. The Balaban J connectivity index is 0. The van der Waals surface area contributed by atoms with Crippen molar-refractivity contribution in [2.24, 2.45) is 0 Å². The van der Waals surface area contributed by atoms with E-state index in [4.69, 9.17) is 0 Å². The summed E-state index contributed by atoms with van der Waals surface area (Å²) in [6.07, 6.45) is 5.37. The predicted molar refractivity (Wildman–Crippen MR) is 81.5 cm³/mol. The van der Waals surface area contributed by atoms with Crippen LogP contribution in [-0.2, 0) is 28.7 Å². The van der Waals surface area contributed by atoms with E-state index in [0.717, 1.165) is 0 Å². The van der Waals surface area contributed by atoms with Crippen LogP contribution in [0.3, 0.4) is 0 Å². The molecular weight excluding hydrogens is 288 g/mol. The Morgan fingerprint density at radius 1 is 0.727 bits per heavy atom. The third-order valence-corrected chi connectivity index (χ3v) is 1.69. The van der Waals surface area contributed by atoms with Crippen LogP contribution in [0.15, 0.2) is 48.6 Å². The van der Waals surface area contributed by atoms with E-state index in [-0.39, 0.29) is 11.1 Å². The Morgan fingerprint density at radius 2 is 1.05 bits per heavy atom. The van der Waals surface area contributed by atoms with Gasteiger partial charge in [0.25, 0.3) is 0 Å². The molecule has 0 aliphatic heterocycles. The Labute approximate surface area is 129 Å². The van der Waals surface area contributed by atoms with Gasteiger partial charge in [-0.25, -0.2) is 19.2 Å². The molecule has 0 radical (unpaired) electrons. The summed E-state index contributed by atoms with van der Waals surface area (Å²) in [6, 6.07) is 0. The average Bonchev–Trinajstić information content (AvgIpc) is 2.39. The number of esters is 4. The Bertz CT molecular complexity index is 477. The Hall–Kier alpha value is -2.76. The van der Waals surface area contributed by atoms with Gasteiger partial charge >= 0.3 is 23.9 Å². The quantitative estimate of drug-likeness (QED) is 0.450. The molecule has 0 amide bonds. The molecule has 0 aromatic heterocycles. The van der Waals surface area contributed by atoms with E-state index in [1.807, 2.05) is 0 Å². The van der Waals surface area contributed by atoms with Crippen molar-refractivity contribution in [3.63, 3.8) is 0 Å². The number of carbonyl (C=O) groups excluding carboxylic acids is 4. The van der Waals surface area contributed by atoms with E-state index in [9.17, 15) is 19.2 Å². The smallest absolute Gasteiger partial charge is 0.340 e. The lowest BCUT2D eigenvalue weighted by Gasteiger charge is -1.99. The van der Waals surface area contributed by atoms with Gasteiger partial charge in [0, 0.05) is 23.3 Å². The molecule has 0 heterocycles. The van der Waals surface area contributed by atoms with Crippen molar-refractivity contribution in [1.29, 1.82) is 0 Å². The van der Waals surface area contributed by atoms with Crippen LogP contribution in [0.25, 0.3) is 0 Å². The number of allylic oxidation sites excluding steroid dienone is 2. The second kappa shape index (κ2) is 12.0. The first-order valence-corrected chi connectivity index (χ1v) is 6.24. The minimum atomic E-state index is -0.710. The molecule has 0 N–H and O–H groups in total. The first-order valence-electron chi connectivity index (χ1n) is 6.24. The van der Waals surface area contributed by atoms with Crippen molar-refractivity contribution < 1.29 is 28.7 Å². The Morgan fingerprint density at radius 3 is 1.27 bits per heavy atom. The summed E-state index contributed by atoms with van der Waals surface area (Å²) in [5.74, 6) is -2.71. The van der Waals surface area contributed by atoms with Crippen LogP contribution in [0, 0.1) is 0 Å². The van der Waals surface area contributed by atoms with Gasteiger partial charge in [-0.1, -0.05) is 25.3 Å². The van der Waals surface area contributed by atoms with Gasteiger partial charge in [-0.3, -0.25) is 0 Å². The van der Waals surface area contributed by atoms with Gasteiger partial charge in [-0.05, 0) is 27.7 Å². The molecule has 0 bridgehead atoms. The highest BCUT2D eigenvalue weighted by Gasteiger charge is 2.10. The zero-order valence-electron chi connectivity index (χ0n) is 13.2. The molecule has 6 nitrogen and oxygen atoms in total. The van der Waals surface area contributed by atoms with Gasteiger partial charge in [0.1, 0.15) is 0 Å². The molecule has 0 aromatic rings. The second-order valence-electron chi connectivity index (χ2n) is 3.98. The van der Waals surface area contributed by atoms with Gasteiger partial charge in [-0.2, -0.15) is 0 Å². The van der Waals surface area contributed by atoms with Crippen LogP contribution in [0.2, 0.25) is 0 Å². The summed E-state index contributed by atoms with van der Waals surface area (Å²) in [4.78, 5) is 42.5. The molecule has 0 atom stereocenters. The molecule has 0 rings (SSSR count). The molecule has 22 heavy (non-hydrogen) atoms. The molecule has 0 spiro atoms. The van der Waals surface area contributed by atoms with Crippen LogP contribution in [0.5, 0.6) is 0 Å². The van der Waals surface area contributed by atoms with Crippen LogP contribution >= 0.6 is 0 Å². The number of carbonyl (C=O) groups is 4. The normalized spacial score (nSPS) is 9.64. The van der Waals surface area contributed by atoms with Gasteiger partial charge in [-0.15, -0.1) is 0 Å². The lowest BCUT2D eigenvalue weighted by atomic mass is 10.3. The fourth-order valence-corrected chi connectivity index (χ4v) is 0.698. The molecule has 0 aromatic carbocycles. The van der Waals surface area contributed by atoms with E-state index in [1.165, 1.54) is 38.2 Å². The molecule has 0 unspecified atom stereocenters. The largest absolute Gasteiger partial charge is 0.387 e. The van der Waals surface area contributed by atoms with Gasteiger partial charge in [0.05, 0.1) is 0 Å². The molecule has 0 aliphatic rings. The molecule has 0 fully saturated rings. The fourth-order valence-electron chi connectivity index (χ4n) is 0.698. The third-order valence-electron chi connectivity index (χ3n) is 1.69. The minimum absolute atomic E-state index is 0.194. The zero-order valence-corrected chi connectivity index (χ0v) is 13.2. The number of rotatable bonds is 4. The fraction of sp³-hybridized carbons (Fsp3) is 0.250. The first-order chi connectivity index (χ1) is 10.1. The van der Waals surface area contributed by atoms with Crippen LogP contribution in [0.1, 0.15) is 27.7 Å². The maximum Gasteiger partial charge on any atom is 0.340 e. The highest BCUT2D eigenvalue weighted by Crippen LogP contribution is 1.97. The van der Waals surface area contributed by atoms with E-state index in [1.54, 1.807) is 13.8 Å². The number of hydrogen-bond acceptors (Lipinski definition) is 6. The number of hydrogen-bond donors (Lipinski definition) is 0. The van der Waals surface area contributed by atoms with Crippen molar-refractivity contribution in [2.75, 3.05) is 0 Å². The van der Waals surface area contributed by atoms with E-state index in [2.05, 4.69) is 22.6 Å². The first kappa shape index (κ1) is 21.5. The molecule has 120 valence electrons. The van der Waals surface area contributed by atoms with E-state index >= 15 is 0 Å². The zero-order chi connectivity index (χ0) is 17.7. The van der Waals surface area contributed by atoms with Crippen molar-refractivity contribution in [3.05, 3.63) is 48.6 Å². The monoisotopic (exact) mass is 308 g/mol. The molecular formula is C16H20O6. The van der Waals surface area contributed by atoms with Crippen molar-refractivity contribution in [2.45, 2.75) is 27.7 Å². The SMILES string of the molecule is C=C(C)C(=O)OC(=O)C(=C)C.CC=CC(=O)OC(=O)C=CC. The molecule has 0 saturated heterocycles. The third kappa shape index (κ3) is 12.3. The molecule has 0 saturated carbocycles. The summed E-state index contributed by atoms with van der Waals surface area (Å²) >= 11 is 0. The van der Waals surface area contributed by atoms with Gasteiger partial charge in [0.2, 0.25) is 0 Å². The summed E-state index contributed by atoms with van der Waals surface area (Å²) in [5, 5.41) is 0. The highest BCUT2D eigenvalue weighted by atomic mass is 16.6. The Kier molecular flexibility index (Phi) is 11.8. The lowest BCUT2D eigenvalue weighted by Crippen LogP contribution is -2.12. The summed E-state index contributed by atoms with van der Waals surface area (Å²) in [7, 11) is 0. The summed E-state index contributed by atoms with van der Waals surface area (Å²) in [5.41, 5.74) is 0.388. The number of ether oxygens (including phenoxy) is 2. The molecule has 0 aliphatic carbocycles. The predicted octanol–water partition coefficient (Wildman–Crippen LogP) is 2.42. The van der Waals surface area contributed by atoms with Crippen LogP contribution in [-0.4, -0.2) is 23.9 Å². The topological polar surface area (TPSA) is 86.7 Å². The lowest BCUT2D eigenvalue weighted by molar-refractivity contribution is -0.155. The highest BCUT2D eigenvalue weighted by molar-refractivity contribution is 6.00. The van der Waals surface area contributed by atoms with Crippen LogP contribution < -0.4 is 0 Å². The minimum Gasteiger partial charge on any atom is -0.387 e.